The second-order valence-electron chi connectivity index (χ2n) is 6.39. The molecule has 2 aromatic carbocycles. The van der Waals surface area contributed by atoms with Gasteiger partial charge in [0.25, 0.3) is 11.1 Å². The largest absolute Gasteiger partial charge is 0.302 e. The first-order valence-corrected chi connectivity index (χ1v) is 8.45. The number of aromatic nitrogens is 4. The van der Waals surface area contributed by atoms with E-state index in [1.165, 1.54) is 58.9 Å². The van der Waals surface area contributed by atoms with Gasteiger partial charge in [0, 0.05) is 18.8 Å². The van der Waals surface area contributed by atoms with Gasteiger partial charge in [-0.15, -0.1) is 0 Å². The molecule has 0 saturated heterocycles. The number of carbonyl (C=O) groups is 1. The number of carbonyl (C=O) groups excluding carboxylic acids is 1. The standard InChI is InChI=1S/C20H15FN4O3/c1-11-23-17-8-3-12(18(26)16-10-22-24(2)19(16)27)9-15(17)20(28)25(11)14-6-4-13(21)5-7-14/h3-10,22H,1-2H3. The summed E-state index contributed by atoms with van der Waals surface area (Å²) in [5.74, 6) is -0.469. The van der Waals surface area contributed by atoms with Crippen LogP contribution in [0.1, 0.15) is 21.7 Å². The molecule has 0 aliphatic rings. The Morgan fingerprint density at radius 1 is 1.07 bits per heavy atom. The molecule has 0 fully saturated rings. The van der Waals surface area contributed by atoms with Gasteiger partial charge in [-0.05, 0) is 49.4 Å². The minimum atomic E-state index is -0.489. The van der Waals surface area contributed by atoms with Crippen LogP contribution in [0.4, 0.5) is 4.39 Å². The Balaban J connectivity index is 1.91. The van der Waals surface area contributed by atoms with E-state index in [0.29, 0.717) is 17.0 Å². The number of rotatable bonds is 3. The van der Waals surface area contributed by atoms with Crippen molar-refractivity contribution in [3.63, 3.8) is 0 Å². The highest BCUT2D eigenvalue weighted by atomic mass is 19.1. The van der Waals surface area contributed by atoms with Crippen LogP contribution >= 0.6 is 0 Å². The molecule has 2 heterocycles. The van der Waals surface area contributed by atoms with Gasteiger partial charge < -0.3 is 5.10 Å². The van der Waals surface area contributed by atoms with Gasteiger partial charge in [-0.1, -0.05) is 0 Å². The fraction of sp³-hybridized carbons (Fsp3) is 0.100. The van der Waals surface area contributed by atoms with E-state index in [-0.39, 0.29) is 22.1 Å². The Hall–Kier alpha value is -3.81. The zero-order chi connectivity index (χ0) is 20.0. The summed E-state index contributed by atoms with van der Waals surface area (Å²) in [4.78, 5) is 42.2. The van der Waals surface area contributed by atoms with Crippen molar-refractivity contribution in [3.8, 4) is 5.69 Å². The number of nitrogens with one attached hydrogen (secondary N) is 1. The van der Waals surface area contributed by atoms with Gasteiger partial charge in [-0.25, -0.2) is 9.37 Å². The second-order valence-corrected chi connectivity index (χ2v) is 6.39. The van der Waals surface area contributed by atoms with E-state index in [1.54, 1.807) is 13.0 Å². The van der Waals surface area contributed by atoms with Crippen molar-refractivity contribution >= 4 is 16.7 Å². The van der Waals surface area contributed by atoms with E-state index in [4.69, 9.17) is 0 Å². The third-order valence-corrected chi connectivity index (χ3v) is 4.57. The van der Waals surface area contributed by atoms with Gasteiger partial charge in [0.1, 0.15) is 17.2 Å². The van der Waals surface area contributed by atoms with Crippen molar-refractivity contribution in [1.29, 1.82) is 0 Å². The molecule has 2 aromatic heterocycles. The number of ketones is 1. The summed E-state index contributed by atoms with van der Waals surface area (Å²) in [7, 11) is 1.51. The lowest BCUT2D eigenvalue weighted by molar-refractivity contribution is 0.103. The number of hydrogen-bond acceptors (Lipinski definition) is 4. The highest BCUT2D eigenvalue weighted by molar-refractivity contribution is 6.10. The second kappa shape index (κ2) is 6.41. The first kappa shape index (κ1) is 17.6. The average Bonchev–Trinajstić information content (AvgIpc) is 3.01. The molecule has 1 N–H and O–H groups in total. The molecule has 8 heteroatoms. The third kappa shape index (κ3) is 2.75. The summed E-state index contributed by atoms with van der Waals surface area (Å²) < 4.78 is 15.8. The Morgan fingerprint density at radius 2 is 1.79 bits per heavy atom. The topological polar surface area (TPSA) is 89.8 Å². The van der Waals surface area contributed by atoms with Crippen LogP contribution in [0.25, 0.3) is 16.6 Å². The van der Waals surface area contributed by atoms with Gasteiger partial charge >= 0.3 is 0 Å². The van der Waals surface area contributed by atoms with Gasteiger partial charge in [0.15, 0.2) is 5.78 Å². The summed E-state index contributed by atoms with van der Waals surface area (Å²) in [5, 5.41) is 2.88. The van der Waals surface area contributed by atoms with Crippen LogP contribution in [-0.4, -0.2) is 25.1 Å². The van der Waals surface area contributed by atoms with Crippen molar-refractivity contribution in [2.24, 2.45) is 7.05 Å². The minimum Gasteiger partial charge on any atom is -0.302 e. The fourth-order valence-electron chi connectivity index (χ4n) is 3.11. The summed E-state index contributed by atoms with van der Waals surface area (Å²) in [5.41, 5.74) is 0.258. The summed E-state index contributed by atoms with van der Waals surface area (Å²) >= 11 is 0. The molecule has 0 radical (unpaired) electrons. The molecule has 4 aromatic rings. The lowest BCUT2D eigenvalue weighted by Gasteiger charge is -2.11. The summed E-state index contributed by atoms with van der Waals surface area (Å²) in [6.07, 6.45) is 1.33. The van der Waals surface area contributed by atoms with E-state index in [2.05, 4.69) is 10.1 Å². The Kier molecular flexibility index (Phi) is 4.03. The Morgan fingerprint density at radius 3 is 2.43 bits per heavy atom. The molecule has 140 valence electrons. The molecule has 7 nitrogen and oxygen atoms in total. The lowest BCUT2D eigenvalue weighted by Crippen LogP contribution is -2.23. The van der Waals surface area contributed by atoms with Crippen LogP contribution in [0.2, 0.25) is 0 Å². The molecular formula is C20H15FN4O3. The minimum absolute atomic E-state index is 0.0132. The summed E-state index contributed by atoms with van der Waals surface area (Å²) in [6.45, 7) is 1.67. The number of benzene rings is 2. The van der Waals surface area contributed by atoms with E-state index in [1.807, 2.05) is 0 Å². The van der Waals surface area contributed by atoms with Gasteiger partial charge in [0.05, 0.1) is 16.6 Å². The van der Waals surface area contributed by atoms with Crippen LogP contribution in [0.15, 0.2) is 58.3 Å². The van der Waals surface area contributed by atoms with Crippen molar-refractivity contribution in [2.75, 3.05) is 0 Å². The maximum absolute atomic E-state index is 13.2. The van der Waals surface area contributed by atoms with Crippen LogP contribution < -0.4 is 11.1 Å². The zero-order valence-corrected chi connectivity index (χ0v) is 15.1. The highest BCUT2D eigenvalue weighted by Crippen LogP contribution is 2.16. The molecule has 0 unspecified atom stereocenters. The third-order valence-electron chi connectivity index (χ3n) is 4.57. The van der Waals surface area contributed by atoms with Crippen molar-refractivity contribution < 1.29 is 9.18 Å². The highest BCUT2D eigenvalue weighted by Gasteiger charge is 2.18. The Bertz CT molecular complexity index is 1350. The first-order valence-electron chi connectivity index (χ1n) is 8.45. The molecule has 4 rings (SSSR count). The van der Waals surface area contributed by atoms with Crippen LogP contribution in [0.3, 0.4) is 0 Å². The van der Waals surface area contributed by atoms with Gasteiger partial charge in [0.2, 0.25) is 0 Å². The SMILES string of the molecule is Cc1nc2ccc(C(=O)c3c[nH]n(C)c3=O)cc2c(=O)n1-c1ccc(F)cc1. The predicted molar refractivity (Wildman–Crippen MR) is 102 cm³/mol. The quantitative estimate of drug-likeness (QED) is 0.553. The monoisotopic (exact) mass is 378 g/mol. The van der Waals surface area contributed by atoms with Crippen LogP contribution in [0, 0.1) is 12.7 Å². The smallest absolute Gasteiger partial charge is 0.277 e. The normalized spacial score (nSPS) is 11.1. The summed E-state index contributed by atoms with van der Waals surface area (Å²) in [6, 6.07) is 10.0. The van der Waals surface area contributed by atoms with Crippen molar-refractivity contribution in [2.45, 2.75) is 6.92 Å². The first-order chi connectivity index (χ1) is 13.4. The van der Waals surface area contributed by atoms with Crippen molar-refractivity contribution in [3.05, 3.63) is 92.1 Å². The predicted octanol–water partition coefficient (Wildman–Crippen LogP) is 2.09. The number of H-pyrrole nitrogens is 1. The molecule has 28 heavy (non-hydrogen) atoms. The number of nitrogens with zero attached hydrogens (tertiary/aromatic N) is 3. The van der Waals surface area contributed by atoms with E-state index >= 15 is 0 Å². The van der Waals surface area contributed by atoms with Crippen LogP contribution in [-0.2, 0) is 7.05 Å². The maximum atomic E-state index is 13.2. The number of aromatic amines is 1. The molecule has 0 spiro atoms. The molecule has 0 aliphatic carbocycles. The van der Waals surface area contributed by atoms with E-state index in [0.717, 1.165) is 0 Å². The number of aryl methyl sites for hydroxylation is 2. The van der Waals surface area contributed by atoms with Gasteiger partial charge in [-0.3, -0.25) is 23.6 Å². The molecule has 0 atom stereocenters. The fourth-order valence-corrected chi connectivity index (χ4v) is 3.11. The molecule has 0 saturated carbocycles. The van der Waals surface area contributed by atoms with E-state index < -0.39 is 17.2 Å². The molecular weight excluding hydrogens is 363 g/mol. The number of halogens is 1. The van der Waals surface area contributed by atoms with Crippen LogP contribution in [0.5, 0.6) is 0 Å². The number of hydrogen-bond donors (Lipinski definition) is 1. The van der Waals surface area contributed by atoms with Gasteiger partial charge in [-0.2, -0.15) is 0 Å². The Labute approximate surface area is 157 Å². The lowest BCUT2D eigenvalue weighted by atomic mass is 10.0. The molecule has 0 aliphatic heterocycles. The van der Waals surface area contributed by atoms with E-state index in [9.17, 15) is 18.8 Å². The number of fused-ring (bicyclic) bond motifs is 1. The zero-order valence-electron chi connectivity index (χ0n) is 15.1. The van der Waals surface area contributed by atoms with Crippen molar-refractivity contribution in [1.82, 2.24) is 19.3 Å². The molecule has 0 bridgehead atoms. The molecule has 0 amide bonds. The average molecular weight is 378 g/mol. The maximum Gasteiger partial charge on any atom is 0.277 e.